The van der Waals surface area contributed by atoms with Gasteiger partial charge in [-0.15, -0.1) is 0 Å². The maximum absolute atomic E-state index is 12.0. The third-order valence-corrected chi connectivity index (χ3v) is 3.60. The zero-order chi connectivity index (χ0) is 16.3. The number of hydrogen-bond acceptors (Lipinski definition) is 4. The largest absolute Gasteiger partial charge is 0.444 e. The molecule has 5 heteroatoms. The van der Waals surface area contributed by atoms with Gasteiger partial charge in [-0.05, 0) is 50.8 Å². The molecule has 0 saturated heterocycles. The molecule has 1 aliphatic rings. The van der Waals surface area contributed by atoms with Gasteiger partial charge in [0.1, 0.15) is 5.60 Å². The zero-order valence-electron chi connectivity index (χ0n) is 13.8. The number of nitrogens with zero attached hydrogens (tertiary/aromatic N) is 2. The number of aryl methyl sites for hydroxylation is 1. The number of ether oxygens (including phenoxy) is 1. The Kier molecular flexibility index (Phi) is 4.74. The van der Waals surface area contributed by atoms with Crippen LogP contribution in [0.25, 0.3) is 5.57 Å². The van der Waals surface area contributed by atoms with E-state index in [1.54, 1.807) is 11.1 Å². The third-order valence-electron chi connectivity index (χ3n) is 3.60. The Hall–Kier alpha value is -2.04. The first-order valence-electron chi connectivity index (χ1n) is 7.72. The molecule has 0 fully saturated rings. The summed E-state index contributed by atoms with van der Waals surface area (Å²) in [7, 11) is 0. The molecule has 0 atom stereocenters. The van der Waals surface area contributed by atoms with Crippen molar-refractivity contribution in [1.82, 2.24) is 9.88 Å². The van der Waals surface area contributed by atoms with Crippen LogP contribution >= 0.6 is 0 Å². The normalized spacial score (nSPS) is 15.5. The molecule has 0 radical (unpaired) electrons. The number of aromatic nitrogens is 1. The van der Waals surface area contributed by atoms with Crippen LogP contribution in [0.15, 0.2) is 18.3 Å². The fourth-order valence-corrected chi connectivity index (χ4v) is 2.38. The molecular weight excluding hydrogens is 278 g/mol. The zero-order valence-corrected chi connectivity index (χ0v) is 13.8. The summed E-state index contributed by atoms with van der Waals surface area (Å²) in [6.07, 6.45) is 5.17. The van der Waals surface area contributed by atoms with Crippen molar-refractivity contribution in [1.29, 1.82) is 0 Å². The van der Waals surface area contributed by atoms with Crippen molar-refractivity contribution in [2.45, 2.75) is 46.1 Å². The summed E-state index contributed by atoms with van der Waals surface area (Å²) >= 11 is 0. The van der Waals surface area contributed by atoms with E-state index in [0.29, 0.717) is 13.1 Å². The Balaban J connectivity index is 2.07. The summed E-state index contributed by atoms with van der Waals surface area (Å²) in [6.45, 7) is 8.91. The quantitative estimate of drug-likeness (QED) is 0.910. The van der Waals surface area contributed by atoms with Crippen LogP contribution < -0.4 is 5.73 Å². The minimum atomic E-state index is -0.463. The number of anilines is 1. The molecule has 0 aromatic carbocycles. The summed E-state index contributed by atoms with van der Waals surface area (Å²) in [5, 5.41) is 0. The molecule has 0 aliphatic carbocycles. The lowest BCUT2D eigenvalue weighted by Crippen LogP contribution is -2.39. The Labute approximate surface area is 132 Å². The van der Waals surface area contributed by atoms with Crippen LogP contribution in [-0.2, 0) is 11.2 Å². The summed E-state index contributed by atoms with van der Waals surface area (Å²) in [5.41, 5.74) is 9.40. The highest BCUT2D eigenvalue weighted by molar-refractivity contribution is 5.72. The van der Waals surface area contributed by atoms with Gasteiger partial charge in [0.2, 0.25) is 0 Å². The average Bonchev–Trinajstić information content (AvgIpc) is 2.46. The standard InChI is InChI=1S/C17H25N3O2/c1-5-12-10-15(19-11-14(12)18)13-6-8-20(9-7-13)16(21)22-17(2,3)4/h6,10-11H,5,7-9,18H2,1-4H3. The van der Waals surface area contributed by atoms with Gasteiger partial charge < -0.3 is 15.4 Å². The molecular formula is C17H25N3O2. The molecule has 2 N–H and O–H groups in total. The van der Waals surface area contributed by atoms with Gasteiger partial charge in [-0.3, -0.25) is 4.98 Å². The summed E-state index contributed by atoms with van der Waals surface area (Å²) in [6, 6.07) is 2.05. The molecule has 1 aromatic rings. The van der Waals surface area contributed by atoms with Crippen LogP contribution in [0.4, 0.5) is 10.5 Å². The number of nitrogens with two attached hydrogens (primary N) is 1. The second-order valence-corrected chi connectivity index (χ2v) is 6.53. The van der Waals surface area contributed by atoms with Crippen LogP contribution in [0.3, 0.4) is 0 Å². The lowest BCUT2D eigenvalue weighted by atomic mass is 10.0. The second kappa shape index (κ2) is 6.38. The highest BCUT2D eigenvalue weighted by atomic mass is 16.6. The Morgan fingerprint density at radius 1 is 1.45 bits per heavy atom. The van der Waals surface area contributed by atoms with E-state index >= 15 is 0 Å². The molecule has 1 aliphatic heterocycles. The Morgan fingerprint density at radius 2 is 2.18 bits per heavy atom. The lowest BCUT2D eigenvalue weighted by Gasteiger charge is -2.29. The smallest absolute Gasteiger partial charge is 0.410 e. The fourth-order valence-electron chi connectivity index (χ4n) is 2.38. The molecule has 0 bridgehead atoms. The number of rotatable bonds is 2. The van der Waals surface area contributed by atoms with Gasteiger partial charge in [0, 0.05) is 13.1 Å². The Morgan fingerprint density at radius 3 is 2.73 bits per heavy atom. The van der Waals surface area contributed by atoms with Crippen LogP contribution in [0, 0.1) is 0 Å². The number of carbonyl (C=O) groups excluding carboxylic acids is 1. The van der Waals surface area contributed by atoms with Crippen molar-refractivity contribution in [2.24, 2.45) is 0 Å². The van der Waals surface area contributed by atoms with Crippen molar-refractivity contribution in [3.63, 3.8) is 0 Å². The maximum Gasteiger partial charge on any atom is 0.410 e. The van der Waals surface area contributed by atoms with Crippen molar-refractivity contribution < 1.29 is 9.53 Å². The fraction of sp³-hybridized carbons (Fsp3) is 0.529. The SMILES string of the molecule is CCc1cc(C2=CCN(C(=O)OC(C)(C)C)CC2)ncc1N. The highest BCUT2D eigenvalue weighted by Gasteiger charge is 2.24. The van der Waals surface area contributed by atoms with Gasteiger partial charge in [-0.1, -0.05) is 13.0 Å². The van der Waals surface area contributed by atoms with Gasteiger partial charge in [0.05, 0.1) is 17.6 Å². The second-order valence-electron chi connectivity index (χ2n) is 6.53. The van der Waals surface area contributed by atoms with Gasteiger partial charge in [-0.25, -0.2) is 4.79 Å². The van der Waals surface area contributed by atoms with Crippen LogP contribution in [0.2, 0.25) is 0 Å². The number of hydrogen-bond donors (Lipinski definition) is 1. The number of pyridine rings is 1. The third kappa shape index (κ3) is 4.00. The average molecular weight is 303 g/mol. The number of amides is 1. The number of carbonyl (C=O) groups is 1. The topological polar surface area (TPSA) is 68.5 Å². The van der Waals surface area contributed by atoms with E-state index in [1.807, 2.05) is 32.9 Å². The maximum atomic E-state index is 12.0. The first-order valence-corrected chi connectivity index (χ1v) is 7.72. The van der Waals surface area contributed by atoms with Crippen molar-refractivity contribution in [3.05, 3.63) is 29.6 Å². The van der Waals surface area contributed by atoms with Crippen molar-refractivity contribution >= 4 is 17.4 Å². The van der Waals surface area contributed by atoms with Crippen LogP contribution in [0.5, 0.6) is 0 Å². The molecule has 2 rings (SSSR count). The van der Waals surface area contributed by atoms with Crippen LogP contribution in [-0.4, -0.2) is 34.7 Å². The minimum Gasteiger partial charge on any atom is -0.444 e. The van der Waals surface area contributed by atoms with Gasteiger partial charge in [0.25, 0.3) is 0 Å². The summed E-state index contributed by atoms with van der Waals surface area (Å²) < 4.78 is 5.40. The predicted octanol–water partition coefficient (Wildman–Crippen LogP) is 3.25. The highest BCUT2D eigenvalue weighted by Crippen LogP contribution is 2.24. The van der Waals surface area contributed by atoms with E-state index < -0.39 is 5.60 Å². The van der Waals surface area contributed by atoms with Crippen LogP contribution in [0.1, 0.15) is 45.4 Å². The monoisotopic (exact) mass is 303 g/mol. The molecule has 0 unspecified atom stereocenters. The van der Waals surface area contributed by atoms with E-state index in [4.69, 9.17) is 10.5 Å². The summed E-state index contributed by atoms with van der Waals surface area (Å²) in [4.78, 5) is 18.2. The molecule has 120 valence electrons. The van der Waals surface area contributed by atoms with Crippen molar-refractivity contribution in [3.8, 4) is 0 Å². The van der Waals surface area contributed by atoms with E-state index in [-0.39, 0.29) is 6.09 Å². The van der Waals surface area contributed by atoms with Gasteiger partial charge >= 0.3 is 6.09 Å². The molecule has 1 aromatic heterocycles. The van der Waals surface area contributed by atoms with E-state index in [1.165, 1.54) is 0 Å². The first-order chi connectivity index (χ1) is 10.3. The molecule has 22 heavy (non-hydrogen) atoms. The molecule has 2 heterocycles. The van der Waals surface area contributed by atoms with E-state index in [0.717, 1.165) is 35.4 Å². The minimum absolute atomic E-state index is 0.262. The lowest BCUT2D eigenvalue weighted by molar-refractivity contribution is 0.0270. The van der Waals surface area contributed by atoms with E-state index in [2.05, 4.69) is 11.9 Å². The molecule has 1 amide bonds. The predicted molar refractivity (Wildman–Crippen MR) is 88.4 cm³/mol. The van der Waals surface area contributed by atoms with E-state index in [9.17, 15) is 4.79 Å². The number of nitrogen functional groups attached to an aromatic ring is 1. The van der Waals surface area contributed by atoms with Gasteiger partial charge in [0.15, 0.2) is 0 Å². The summed E-state index contributed by atoms with van der Waals surface area (Å²) in [5.74, 6) is 0. The van der Waals surface area contributed by atoms with Gasteiger partial charge in [-0.2, -0.15) is 0 Å². The first kappa shape index (κ1) is 16.3. The van der Waals surface area contributed by atoms with Crippen molar-refractivity contribution in [2.75, 3.05) is 18.8 Å². The molecule has 0 spiro atoms. The Bertz CT molecular complexity index is 588. The molecule has 0 saturated carbocycles. The molecule has 5 nitrogen and oxygen atoms in total.